The molecule has 3 nitrogen and oxygen atoms in total. The Morgan fingerprint density at radius 2 is 2.25 bits per heavy atom. The topological polar surface area (TPSA) is 46.5 Å². The summed E-state index contributed by atoms with van der Waals surface area (Å²) in [6.07, 6.45) is 1.74. The van der Waals surface area contributed by atoms with Crippen LogP contribution in [0.4, 0.5) is 4.39 Å². The molecular weight excluding hydrogens is 279 g/mol. The molecule has 0 saturated carbocycles. The average Bonchev–Trinajstić information content (AvgIpc) is 2.21. The second-order valence-electron chi connectivity index (χ2n) is 3.24. The van der Waals surface area contributed by atoms with Gasteiger partial charge < -0.3 is 9.84 Å². The minimum Gasteiger partial charge on any atom is -0.490 e. The standard InChI is InChI=1S/C11H12BrFO3/c1-2-3-6-16-8-5-4-7(12)9(10(8)13)11(14)15/h4-5H,2-3,6H2,1H3,(H,14,15). The van der Waals surface area contributed by atoms with Crippen LogP contribution in [0.15, 0.2) is 16.6 Å². The number of halogens is 2. The molecule has 0 aromatic heterocycles. The number of unbranched alkanes of at least 4 members (excludes halogenated alkanes) is 1. The first-order chi connectivity index (χ1) is 7.57. The Bertz CT molecular complexity index is 393. The fourth-order valence-corrected chi connectivity index (χ4v) is 1.64. The van der Waals surface area contributed by atoms with Gasteiger partial charge in [0, 0.05) is 4.47 Å². The van der Waals surface area contributed by atoms with Crippen LogP contribution in [0.2, 0.25) is 0 Å². The van der Waals surface area contributed by atoms with Gasteiger partial charge in [0.2, 0.25) is 0 Å². The lowest BCUT2D eigenvalue weighted by Crippen LogP contribution is -2.06. The van der Waals surface area contributed by atoms with E-state index in [1.807, 2.05) is 6.92 Å². The number of carboxylic acid groups (broad SMARTS) is 1. The zero-order valence-electron chi connectivity index (χ0n) is 8.80. The van der Waals surface area contributed by atoms with E-state index in [1.54, 1.807) is 0 Å². The van der Waals surface area contributed by atoms with Crippen molar-refractivity contribution in [2.75, 3.05) is 6.61 Å². The minimum atomic E-state index is -1.31. The van der Waals surface area contributed by atoms with Crippen molar-refractivity contribution in [2.24, 2.45) is 0 Å². The summed E-state index contributed by atoms with van der Waals surface area (Å²) in [6.45, 7) is 2.37. The molecule has 0 heterocycles. The summed E-state index contributed by atoms with van der Waals surface area (Å²) in [6, 6.07) is 2.88. The van der Waals surface area contributed by atoms with Crippen LogP contribution in [0, 0.1) is 5.82 Å². The van der Waals surface area contributed by atoms with E-state index >= 15 is 0 Å². The van der Waals surface area contributed by atoms with Gasteiger partial charge in [-0.3, -0.25) is 0 Å². The first-order valence-corrected chi connectivity index (χ1v) is 5.71. The molecular formula is C11H12BrFO3. The number of benzene rings is 1. The second-order valence-corrected chi connectivity index (χ2v) is 4.10. The molecule has 1 N–H and O–H groups in total. The fourth-order valence-electron chi connectivity index (χ4n) is 1.17. The molecule has 5 heteroatoms. The van der Waals surface area contributed by atoms with E-state index in [-0.39, 0.29) is 10.2 Å². The van der Waals surface area contributed by atoms with E-state index in [4.69, 9.17) is 9.84 Å². The van der Waals surface area contributed by atoms with Crippen molar-refractivity contribution in [1.29, 1.82) is 0 Å². The molecule has 0 atom stereocenters. The van der Waals surface area contributed by atoms with Gasteiger partial charge in [-0.1, -0.05) is 13.3 Å². The van der Waals surface area contributed by atoms with E-state index in [0.717, 1.165) is 12.8 Å². The molecule has 0 spiro atoms. The maximum atomic E-state index is 13.7. The zero-order valence-corrected chi connectivity index (χ0v) is 10.4. The molecule has 1 aromatic rings. The van der Waals surface area contributed by atoms with Crippen LogP contribution in [0.1, 0.15) is 30.1 Å². The van der Waals surface area contributed by atoms with Crippen LogP contribution in [0.5, 0.6) is 5.75 Å². The van der Waals surface area contributed by atoms with Crippen molar-refractivity contribution in [3.63, 3.8) is 0 Å². The lowest BCUT2D eigenvalue weighted by molar-refractivity contribution is 0.0689. The summed E-state index contributed by atoms with van der Waals surface area (Å²) in [5, 5.41) is 8.82. The normalized spacial score (nSPS) is 10.2. The second kappa shape index (κ2) is 5.84. The van der Waals surface area contributed by atoms with Crippen LogP contribution in [-0.4, -0.2) is 17.7 Å². The molecule has 0 fully saturated rings. The Labute approximate surface area is 101 Å². The highest BCUT2D eigenvalue weighted by atomic mass is 79.9. The van der Waals surface area contributed by atoms with Crippen molar-refractivity contribution in [1.82, 2.24) is 0 Å². The monoisotopic (exact) mass is 290 g/mol. The predicted molar refractivity (Wildman–Crippen MR) is 61.5 cm³/mol. The van der Waals surface area contributed by atoms with E-state index < -0.39 is 17.3 Å². The Hall–Kier alpha value is -1.10. The third kappa shape index (κ3) is 2.95. The third-order valence-electron chi connectivity index (χ3n) is 2.03. The number of aromatic carboxylic acids is 1. The largest absolute Gasteiger partial charge is 0.490 e. The third-order valence-corrected chi connectivity index (χ3v) is 2.69. The van der Waals surface area contributed by atoms with E-state index in [9.17, 15) is 9.18 Å². The molecule has 0 radical (unpaired) electrons. The molecule has 0 saturated heterocycles. The highest BCUT2D eigenvalue weighted by Crippen LogP contribution is 2.27. The van der Waals surface area contributed by atoms with Crippen LogP contribution >= 0.6 is 15.9 Å². The number of rotatable bonds is 5. The average molecular weight is 291 g/mol. The fraction of sp³-hybridized carbons (Fsp3) is 0.364. The van der Waals surface area contributed by atoms with Crippen LogP contribution in [0.3, 0.4) is 0 Å². The molecule has 88 valence electrons. The van der Waals surface area contributed by atoms with Gasteiger partial charge in [0.05, 0.1) is 6.61 Å². The van der Waals surface area contributed by atoms with Crippen LogP contribution < -0.4 is 4.74 Å². The molecule has 0 aliphatic carbocycles. The number of ether oxygens (including phenoxy) is 1. The highest BCUT2D eigenvalue weighted by Gasteiger charge is 2.18. The first-order valence-electron chi connectivity index (χ1n) is 4.92. The van der Waals surface area contributed by atoms with E-state index in [1.165, 1.54) is 12.1 Å². The van der Waals surface area contributed by atoms with Crippen molar-refractivity contribution >= 4 is 21.9 Å². The molecule has 0 aliphatic heterocycles. The van der Waals surface area contributed by atoms with Gasteiger partial charge in [0.1, 0.15) is 5.56 Å². The maximum Gasteiger partial charge on any atom is 0.339 e. The number of hydrogen-bond donors (Lipinski definition) is 1. The smallest absolute Gasteiger partial charge is 0.339 e. The molecule has 16 heavy (non-hydrogen) atoms. The van der Waals surface area contributed by atoms with Gasteiger partial charge in [0.25, 0.3) is 0 Å². The summed E-state index contributed by atoms with van der Waals surface area (Å²) >= 11 is 2.99. The van der Waals surface area contributed by atoms with Gasteiger partial charge in [-0.05, 0) is 34.5 Å². The lowest BCUT2D eigenvalue weighted by Gasteiger charge is -2.09. The molecule has 0 unspecified atom stereocenters. The zero-order chi connectivity index (χ0) is 12.1. The van der Waals surface area contributed by atoms with Crippen molar-refractivity contribution in [3.8, 4) is 5.75 Å². The summed E-state index contributed by atoms with van der Waals surface area (Å²) in [5.74, 6) is -2.17. The summed E-state index contributed by atoms with van der Waals surface area (Å²) in [7, 11) is 0. The summed E-state index contributed by atoms with van der Waals surface area (Å²) < 4.78 is 19.0. The van der Waals surface area contributed by atoms with E-state index in [0.29, 0.717) is 6.61 Å². The number of hydrogen-bond acceptors (Lipinski definition) is 2. The molecule has 1 aromatic carbocycles. The van der Waals surface area contributed by atoms with Crippen molar-refractivity contribution in [3.05, 3.63) is 28.0 Å². The van der Waals surface area contributed by atoms with Gasteiger partial charge in [0.15, 0.2) is 11.6 Å². The predicted octanol–water partition coefficient (Wildman–Crippen LogP) is 3.47. The minimum absolute atomic E-state index is 0.0194. The Morgan fingerprint density at radius 1 is 1.56 bits per heavy atom. The maximum absolute atomic E-state index is 13.7. The number of carboxylic acids is 1. The Morgan fingerprint density at radius 3 is 2.81 bits per heavy atom. The van der Waals surface area contributed by atoms with Crippen molar-refractivity contribution in [2.45, 2.75) is 19.8 Å². The lowest BCUT2D eigenvalue weighted by atomic mass is 10.2. The SMILES string of the molecule is CCCCOc1ccc(Br)c(C(=O)O)c1F. The summed E-state index contributed by atoms with van der Waals surface area (Å²) in [5.41, 5.74) is -0.394. The molecule has 0 amide bonds. The van der Waals surface area contributed by atoms with Crippen LogP contribution in [0.25, 0.3) is 0 Å². The van der Waals surface area contributed by atoms with Crippen molar-refractivity contribution < 1.29 is 19.0 Å². The highest BCUT2D eigenvalue weighted by molar-refractivity contribution is 9.10. The quantitative estimate of drug-likeness (QED) is 0.845. The Balaban J connectivity index is 2.95. The molecule has 0 aliphatic rings. The van der Waals surface area contributed by atoms with Gasteiger partial charge in [-0.15, -0.1) is 0 Å². The molecule has 0 bridgehead atoms. The van der Waals surface area contributed by atoms with Gasteiger partial charge >= 0.3 is 5.97 Å². The van der Waals surface area contributed by atoms with Gasteiger partial charge in [-0.25, -0.2) is 9.18 Å². The van der Waals surface area contributed by atoms with Crippen LogP contribution in [-0.2, 0) is 0 Å². The van der Waals surface area contributed by atoms with Gasteiger partial charge in [-0.2, -0.15) is 0 Å². The first kappa shape index (κ1) is 13.0. The number of carbonyl (C=O) groups is 1. The van der Waals surface area contributed by atoms with E-state index in [2.05, 4.69) is 15.9 Å². The summed E-state index contributed by atoms with van der Waals surface area (Å²) in [4.78, 5) is 10.8. The Kier molecular flexibility index (Phi) is 4.73. The molecule has 1 rings (SSSR count).